The van der Waals surface area contributed by atoms with Crippen molar-refractivity contribution in [3.05, 3.63) is 12.4 Å². The van der Waals surface area contributed by atoms with E-state index in [2.05, 4.69) is 45.0 Å². The minimum absolute atomic E-state index is 0.224. The van der Waals surface area contributed by atoms with Crippen LogP contribution in [0.2, 0.25) is 0 Å². The first-order valence-corrected chi connectivity index (χ1v) is 6.97. The topological polar surface area (TPSA) is 39.1 Å². The second-order valence-electron chi connectivity index (χ2n) is 5.34. The van der Waals surface area contributed by atoms with Crippen molar-refractivity contribution in [2.75, 3.05) is 6.54 Å². The zero-order valence-electron chi connectivity index (χ0n) is 12.3. The molecule has 1 unspecified atom stereocenters. The maximum Gasteiger partial charge on any atom is 0.157 e. The summed E-state index contributed by atoms with van der Waals surface area (Å²) in [7, 11) is 0. The van der Waals surface area contributed by atoms with Gasteiger partial charge < -0.3 is 10.1 Å². The first kappa shape index (κ1) is 15.0. The number of hydrogen-bond acceptors (Lipinski definition) is 3. The summed E-state index contributed by atoms with van der Waals surface area (Å²) in [5.74, 6) is 0.868. The molecule has 1 atom stereocenters. The van der Waals surface area contributed by atoms with Crippen molar-refractivity contribution in [2.45, 2.75) is 65.6 Å². The highest BCUT2D eigenvalue weighted by atomic mass is 16.5. The van der Waals surface area contributed by atoms with Crippen LogP contribution in [0.1, 0.15) is 53.5 Å². The van der Waals surface area contributed by atoms with Crippen LogP contribution in [0.5, 0.6) is 5.75 Å². The van der Waals surface area contributed by atoms with E-state index >= 15 is 0 Å². The molecule has 1 N–H and O–H groups in total. The fraction of sp³-hybridized carbons (Fsp3) is 0.786. The summed E-state index contributed by atoms with van der Waals surface area (Å²) in [4.78, 5) is 0. The maximum absolute atomic E-state index is 5.99. The van der Waals surface area contributed by atoms with Crippen LogP contribution in [-0.2, 0) is 0 Å². The summed E-state index contributed by atoms with van der Waals surface area (Å²) in [5, 5.41) is 7.72. The Bertz CT molecular complexity index is 334. The van der Waals surface area contributed by atoms with E-state index in [1.54, 1.807) is 6.20 Å². The Balaban J connectivity index is 2.52. The van der Waals surface area contributed by atoms with Crippen molar-refractivity contribution in [2.24, 2.45) is 0 Å². The van der Waals surface area contributed by atoms with Crippen LogP contribution in [0, 0.1) is 0 Å². The lowest BCUT2D eigenvalue weighted by atomic mass is 10.2. The van der Waals surface area contributed by atoms with Crippen molar-refractivity contribution in [3.8, 4) is 5.75 Å². The molecule has 18 heavy (non-hydrogen) atoms. The average molecular weight is 253 g/mol. The van der Waals surface area contributed by atoms with Gasteiger partial charge in [-0.15, -0.1) is 0 Å². The normalized spacial score (nSPS) is 13.3. The molecule has 0 aliphatic heterocycles. The van der Waals surface area contributed by atoms with Crippen molar-refractivity contribution in [3.63, 3.8) is 0 Å². The monoisotopic (exact) mass is 253 g/mol. The SMILES string of the molecule is CCCC(CNC(C)C)Oc1cnn(C(C)C)c1. The lowest BCUT2D eigenvalue weighted by Gasteiger charge is -2.19. The van der Waals surface area contributed by atoms with Gasteiger partial charge in [-0.05, 0) is 20.3 Å². The average Bonchev–Trinajstić information content (AvgIpc) is 2.75. The van der Waals surface area contributed by atoms with E-state index in [4.69, 9.17) is 4.74 Å². The largest absolute Gasteiger partial charge is 0.486 e. The van der Waals surface area contributed by atoms with Gasteiger partial charge in [0.2, 0.25) is 0 Å². The summed E-state index contributed by atoms with van der Waals surface area (Å²) in [6.45, 7) is 11.6. The van der Waals surface area contributed by atoms with Crippen LogP contribution in [0.15, 0.2) is 12.4 Å². The smallest absolute Gasteiger partial charge is 0.157 e. The molecule has 1 aromatic rings. The van der Waals surface area contributed by atoms with E-state index in [9.17, 15) is 0 Å². The number of aromatic nitrogens is 2. The van der Waals surface area contributed by atoms with E-state index in [0.29, 0.717) is 12.1 Å². The highest BCUT2D eigenvalue weighted by molar-refractivity contribution is 5.12. The van der Waals surface area contributed by atoms with Gasteiger partial charge in [-0.25, -0.2) is 0 Å². The van der Waals surface area contributed by atoms with Crippen molar-refractivity contribution < 1.29 is 4.74 Å². The Morgan fingerprint density at radius 3 is 2.56 bits per heavy atom. The molecule has 0 aromatic carbocycles. The first-order chi connectivity index (χ1) is 8.52. The van der Waals surface area contributed by atoms with E-state index < -0.39 is 0 Å². The molecule has 0 aliphatic carbocycles. The molecule has 0 saturated carbocycles. The highest BCUT2D eigenvalue weighted by Crippen LogP contribution is 2.15. The van der Waals surface area contributed by atoms with Crippen molar-refractivity contribution >= 4 is 0 Å². The van der Waals surface area contributed by atoms with Crippen molar-refractivity contribution in [1.82, 2.24) is 15.1 Å². The molecular weight excluding hydrogens is 226 g/mol. The number of hydrogen-bond donors (Lipinski definition) is 1. The third kappa shape index (κ3) is 5.08. The molecule has 1 aromatic heterocycles. The van der Waals surface area contributed by atoms with E-state index in [0.717, 1.165) is 25.1 Å². The van der Waals surface area contributed by atoms with Crippen molar-refractivity contribution in [1.29, 1.82) is 0 Å². The Morgan fingerprint density at radius 1 is 1.33 bits per heavy atom. The third-order valence-electron chi connectivity index (χ3n) is 2.77. The minimum atomic E-state index is 0.224. The van der Waals surface area contributed by atoms with Crippen LogP contribution in [0.3, 0.4) is 0 Å². The molecule has 0 aliphatic rings. The molecule has 0 fully saturated rings. The molecule has 4 nitrogen and oxygen atoms in total. The van der Waals surface area contributed by atoms with Gasteiger partial charge >= 0.3 is 0 Å². The molecule has 0 bridgehead atoms. The number of rotatable bonds is 8. The lowest BCUT2D eigenvalue weighted by Crippen LogP contribution is -2.35. The zero-order chi connectivity index (χ0) is 13.5. The molecule has 0 amide bonds. The first-order valence-electron chi connectivity index (χ1n) is 6.97. The predicted octanol–water partition coefficient (Wildman–Crippen LogP) is 3.01. The van der Waals surface area contributed by atoms with Gasteiger partial charge in [-0.3, -0.25) is 4.68 Å². The molecule has 0 spiro atoms. The lowest BCUT2D eigenvalue weighted by molar-refractivity contribution is 0.183. The Kier molecular flexibility index (Phi) is 6.19. The third-order valence-corrected chi connectivity index (χ3v) is 2.77. The number of nitrogens with one attached hydrogen (secondary N) is 1. The predicted molar refractivity (Wildman–Crippen MR) is 75.1 cm³/mol. The van der Waals surface area contributed by atoms with Crippen LogP contribution >= 0.6 is 0 Å². The van der Waals surface area contributed by atoms with Crippen LogP contribution < -0.4 is 10.1 Å². The van der Waals surface area contributed by atoms with E-state index in [1.807, 2.05) is 10.9 Å². The molecule has 0 saturated heterocycles. The standard InChI is InChI=1S/C14H27N3O/c1-6-7-13(8-15-11(2)3)18-14-9-16-17(10-14)12(4)5/h9-13,15H,6-8H2,1-5H3. The summed E-state index contributed by atoms with van der Waals surface area (Å²) in [5.41, 5.74) is 0. The van der Waals surface area contributed by atoms with E-state index in [-0.39, 0.29) is 6.10 Å². The molecule has 1 rings (SSSR count). The second kappa shape index (κ2) is 7.41. The fourth-order valence-electron chi connectivity index (χ4n) is 1.75. The molecule has 104 valence electrons. The summed E-state index contributed by atoms with van der Waals surface area (Å²) in [6.07, 6.45) is 6.19. The van der Waals surface area contributed by atoms with Crippen LogP contribution in [0.4, 0.5) is 0 Å². The van der Waals surface area contributed by atoms with Gasteiger partial charge in [-0.2, -0.15) is 5.10 Å². The quantitative estimate of drug-likeness (QED) is 0.774. The summed E-state index contributed by atoms with van der Waals surface area (Å²) in [6, 6.07) is 0.868. The highest BCUT2D eigenvalue weighted by Gasteiger charge is 2.12. The van der Waals surface area contributed by atoms with Gasteiger partial charge in [0.05, 0.1) is 12.4 Å². The second-order valence-corrected chi connectivity index (χ2v) is 5.34. The van der Waals surface area contributed by atoms with Gasteiger partial charge in [0.25, 0.3) is 0 Å². The van der Waals surface area contributed by atoms with Crippen LogP contribution in [0.25, 0.3) is 0 Å². The van der Waals surface area contributed by atoms with Gasteiger partial charge in [-0.1, -0.05) is 27.2 Å². The van der Waals surface area contributed by atoms with Gasteiger partial charge in [0.15, 0.2) is 5.75 Å². The fourth-order valence-corrected chi connectivity index (χ4v) is 1.75. The van der Waals surface area contributed by atoms with Gasteiger partial charge in [0, 0.05) is 18.6 Å². The minimum Gasteiger partial charge on any atom is -0.486 e. The zero-order valence-corrected chi connectivity index (χ0v) is 12.3. The molecule has 0 radical (unpaired) electrons. The van der Waals surface area contributed by atoms with E-state index in [1.165, 1.54) is 0 Å². The molecule has 1 heterocycles. The Morgan fingerprint density at radius 2 is 2.06 bits per heavy atom. The summed E-state index contributed by atoms with van der Waals surface area (Å²) >= 11 is 0. The Labute approximate surface area is 111 Å². The molecular formula is C14H27N3O. The van der Waals surface area contributed by atoms with Gasteiger partial charge in [0.1, 0.15) is 6.10 Å². The number of ether oxygens (including phenoxy) is 1. The Hall–Kier alpha value is -1.03. The number of nitrogens with zero attached hydrogens (tertiary/aromatic N) is 2. The summed E-state index contributed by atoms with van der Waals surface area (Å²) < 4.78 is 7.92. The molecule has 4 heteroatoms. The maximum atomic E-state index is 5.99. The van der Waals surface area contributed by atoms with Crippen LogP contribution in [-0.4, -0.2) is 28.5 Å².